The van der Waals surface area contributed by atoms with Gasteiger partial charge in [-0.1, -0.05) is 23.7 Å². The third kappa shape index (κ3) is 5.93. The number of rotatable bonds is 9. The van der Waals surface area contributed by atoms with Gasteiger partial charge >= 0.3 is 0 Å². The second-order valence-corrected chi connectivity index (χ2v) is 8.95. The number of ether oxygens (including phenoxy) is 2. The zero-order chi connectivity index (χ0) is 23.1. The predicted molar refractivity (Wildman–Crippen MR) is 124 cm³/mol. The molecule has 3 rings (SSSR count). The largest absolute Gasteiger partial charge is 0.497 e. The van der Waals surface area contributed by atoms with E-state index in [2.05, 4.69) is 10.0 Å². The lowest BCUT2D eigenvalue weighted by atomic mass is 10.1. The van der Waals surface area contributed by atoms with Crippen LogP contribution >= 0.6 is 11.6 Å². The zero-order valence-electron chi connectivity index (χ0n) is 17.6. The minimum absolute atomic E-state index is 0.0282. The standard InChI is InChI=1S/C23H23ClN2O5S/c1-30-20-9-10-22(31-2)16(13-20)11-12-25-23(27)17-5-3-8-21(14-17)32(28,29)26-19-7-4-6-18(24)15-19/h3-10,13-15,26H,11-12H2,1-2H3,(H,25,27). The van der Waals surface area contributed by atoms with Gasteiger partial charge < -0.3 is 14.8 Å². The van der Waals surface area contributed by atoms with E-state index >= 15 is 0 Å². The molecule has 0 saturated heterocycles. The fraction of sp³-hybridized carbons (Fsp3) is 0.174. The zero-order valence-corrected chi connectivity index (χ0v) is 19.2. The van der Waals surface area contributed by atoms with Gasteiger partial charge in [0.25, 0.3) is 15.9 Å². The number of halogens is 1. The molecular weight excluding hydrogens is 452 g/mol. The summed E-state index contributed by atoms with van der Waals surface area (Å²) >= 11 is 5.91. The van der Waals surface area contributed by atoms with Crippen LogP contribution in [0.4, 0.5) is 5.69 Å². The number of amides is 1. The van der Waals surface area contributed by atoms with Crippen LogP contribution in [0.5, 0.6) is 11.5 Å². The second kappa shape index (κ2) is 10.4. The molecule has 0 fully saturated rings. The topological polar surface area (TPSA) is 93.7 Å². The van der Waals surface area contributed by atoms with E-state index in [1.54, 1.807) is 50.6 Å². The van der Waals surface area contributed by atoms with Crippen molar-refractivity contribution >= 4 is 33.2 Å². The highest BCUT2D eigenvalue weighted by atomic mass is 35.5. The van der Waals surface area contributed by atoms with Crippen LogP contribution in [0.1, 0.15) is 15.9 Å². The SMILES string of the molecule is COc1ccc(OC)c(CCNC(=O)c2cccc(S(=O)(=O)Nc3cccc(Cl)c3)c2)c1. The molecule has 0 atom stereocenters. The maximum Gasteiger partial charge on any atom is 0.261 e. The Morgan fingerprint density at radius 3 is 2.47 bits per heavy atom. The molecule has 0 aliphatic heterocycles. The molecule has 168 valence electrons. The van der Waals surface area contributed by atoms with Crippen LogP contribution in [0.3, 0.4) is 0 Å². The average Bonchev–Trinajstić information content (AvgIpc) is 2.78. The number of hydrogen-bond donors (Lipinski definition) is 2. The Bertz CT molecular complexity index is 1210. The van der Waals surface area contributed by atoms with Gasteiger partial charge in [-0.25, -0.2) is 8.42 Å². The predicted octanol–water partition coefficient (Wildman–Crippen LogP) is 4.13. The maximum atomic E-state index is 12.7. The number of benzene rings is 3. The van der Waals surface area contributed by atoms with Gasteiger partial charge in [0, 0.05) is 17.1 Å². The first kappa shape index (κ1) is 23.4. The molecule has 0 aliphatic rings. The molecular formula is C23H23ClN2O5S. The van der Waals surface area contributed by atoms with Crippen LogP contribution in [0, 0.1) is 0 Å². The molecule has 0 unspecified atom stereocenters. The van der Waals surface area contributed by atoms with E-state index < -0.39 is 10.0 Å². The van der Waals surface area contributed by atoms with Crippen LogP contribution in [0.2, 0.25) is 5.02 Å². The maximum absolute atomic E-state index is 12.7. The molecule has 1 amide bonds. The van der Waals surface area contributed by atoms with E-state index in [0.29, 0.717) is 35.2 Å². The Balaban J connectivity index is 1.68. The Kier molecular flexibility index (Phi) is 7.61. The molecule has 0 saturated carbocycles. The Morgan fingerprint density at radius 1 is 0.969 bits per heavy atom. The molecule has 0 aliphatic carbocycles. The number of sulfonamides is 1. The van der Waals surface area contributed by atoms with E-state index in [1.807, 2.05) is 6.07 Å². The van der Waals surface area contributed by atoms with Gasteiger partial charge in [-0.15, -0.1) is 0 Å². The Labute approximate surface area is 192 Å². The first-order valence-electron chi connectivity index (χ1n) is 9.70. The highest BCUT2D eigenvalue weighted by Crippen LogP contribution is 2.24. The summed E-state index contributed by atoms with van der Waals surface area (Å²) in [5, 5.41) is 3.21. The van der Waals surface area contributed by atoms with Crippen molar-refractivity contribution in [3.8, 4) is 11.5 Å². The van der Waals surface area contributed by atoms with Crippen LogP contribution in [-0.4, -0.2) is 35.1 Å². The number of nitrogens with one attached hydrogen (secondary N) is 2. The molecule has 9 heteroatoms. The van der Waals surface area contributed by atoms with Crippen LogP contribution in [-0.2, 0) is 16.4 Å². The molecule has 3 aromatic rings. The summed E-state index contributed by atoms with van der Waals surface area (Å²) in [6, 6.07) is 17.6. The summed E-state index contributed by atoms with van der Waals surface area (Å²) in [6.07, 6.45) is 0.514. The molecule has 0 spiro atoms. The minimum Gasteiger partial charge on any atom is -0.497 e. The van der Waals surface area contributed by atoms with Crippen molar-refractivity contribution in [3.63, 3.8) is 0 Å². The monoisotopic (exact) mass is 474 g/mol. The minimum atomic E-state index is -3.89. The van der Waals surface area contributed by atoms with Crippen molar-refractivity contribution in [2.24, 2.45) is 0 Å². The van der Waals surface area contributed by atoms with Crippen molar-refractivity contribution in [3.05, 3.63) is 82.9 Å². The van der Waals surface area contributed by atoms with Gasteiger partial charge in [-0.05, 0) is 66.6 Å². The van der Waals surface area contributed by atoms with Crippen LogP contribution in [0.25, 0.3) is 0 Å². The summed E-state index contributed by atoms with van der Waals surface area (Å²) < 4.78 is 38.5. The first-order chi connectivity index (χ1) is 15.3. The Hall–Kier alpha value is -3.23. The number of hydrogen-bond acceptors (Lipinski definition) is 5. The van der Waals surface area contributed by atoms with Gasteiger partial charge in [-0.2, -0.15) is 0 Å². The number of carbonyl (C=O) groups excluding carboxylic acids is 1. The summed E-state index contributed by atoms with van der Waals surface area (Å²) in [4.78, 5) is 12.6. The highest BCUT2D eigenvalue weighted by molar-refractivity contribution is 7.92. The lowest BCUT2D eigenvalue weighted by Gasteiger charge is -2.12. The quantitative estimate of drug-likeness (QED) is 0.486. The van der Waals surface area contributed by atoms with Gasteiger partial charge in [0.2, 0.25) is 0 Å². The number of methoxy groups -OCH3 is 2. The van der Waals surface area contributed by atoms with E-state index in [1.165, 1.54) is 24.3 Å². The van der Waals surface area contributed by atoms with Crippen LogP contribution in [0.15, 0.2) is 71.6 Å². The van der Waals surface area contributed by atoms with Crippen LogP contribution < -0.4 is 19.5 Å². The lowest BCUT2D eigenvalue weighted by Crippen LogP contribution is -2.26. The number of anilines is 1. The third-order valence-electron chi connectivity index (χ3n) is 4.65. The van der Waals surface area contributed by atoms with E-state index in [9.17, 15) is 13.2 Å². The van der Waals surface area contributed by atoms with Gasteiger partial charge in [0.1, 0.15) is 11.5 Å². The lowest BCUT2D eigenvalue weighted by molar-refractivity contribution is 0.0954. The molecule has 3 aromatic carbocycles. The van der Waals surface area contributed by atoms with Gasteiger partial charge in [-0.3, -0.25) is 9.52 Å². The highest BCUT2D eigenvalue weighted by Gasteiger charge is 2.17. The fourth-order valence-electron chi connectivity index (χ4n) is 3.06. The summed E-state index contributed by atoms with van der Waals surface area (Å²) in [6.45, 7) is 0.333. The smallest absolute Gasteiger partial charge is 0.261 e. The normalized spacial score (nSPS) is 11.0. The molecule has 32 heavy (non-hydrogen) atoms. The van der Waals surface area contributed by atoms with Crippen molar-refractivity contribution in [1.29, 1.82) is 0 Å². The second-order valence-electron chi connectivity index (χ2n) is 6.83. The van der Waals surface area contributed by atoms with E-state index in [0.717, 1.165) is 5.56 Å². The molecule has 7 nitrogen and oxygen atoms in total. The fourth-order valence-corrected chi connectivity index (χ4v) is 4.35. The molecule has 0 aromatic heterocycles. The van der Waals surface area contributed by atoms with Gasteiger partial charge in [0.15, 0.2) is 0 Å². The van der Waals surface area contributed by atoms with Crippen molar-refractivity contribution in [1.82, 2.24) is 5.32 Å². The summed E-state index contributed by atoms with van der Waals surface area (Å²) in [7, 11) is -0.730. The first-order valence-corrected chi connectivity index (χ1v) is 11.6. The third-order valence-corrected chi connectivity index (χ3v) is 6.26. The van der Waals surface area contributed by atoms with Crippen molar-refractivity contribution < 1.29 is 22.7 Å². The molecule has 0 bridgehead atoms. The number of carbonyl (C=O) groups is 1. The summed E-state index contributed by atoms with van der Waals surface area (Å²) in [5.74, 6) is 1.00. The molecule has 0 radical (unpaired) electrons. The van der Waals surface area contributed by atoms with Crippen molar-refractivity contribution in [2.45, 2.75) is 11.3 Å². The molecule has 0 heterocycles. The summed E-state index contributed by atoms with van der Waals surface area (Å²) in [5.41, 5.74) is 1.45. The van der Waals surface area contributed by atoms with E-state index in [4.69, 9.17) is 21.1 Å². The average molecular weight is 475 g/mol. The van der Waals surface area contributed by atoms with E-state index in [-0.39, 0.29) is 16.4 Å². The Morgan fingerprint density at radius 2 is 1.75 bits per heavy atom. The van der Waals surface area contributed by atoms with Crippen molar-refractivity contribution in [2.75, 3.05) is 25.5 Å². The van der Waals surface area contributed by atoms with Gasteiger partial charge in [0.05, 0.1) is 24.8 Å². The molecule has 2 N–H and O–H groups in total.